The number of aryl methyl sites for hydroxylation is 1. The minimum absolute atomic E-state index is 0.189. The van der Waals surface area contributed by atoms with Crippen molar-refractivity contribution < 1.29 is 9.53 Å². The molecular weight excluding hydrogens is 340 g/mol. The summed E-state index contributed by atoms with van der Waals surface area (Å²) in [4.78, 5) is 26.4. The number of carbonyl (C=O) groups excluding carboxylic acids is 1. The van der Waals surface area contributed by atoms with Crippen molar-refractivity contribution in [1.82, 2.24) is 9.97 Å². The van der Waals surface area contributed by atoms with Gasteiger partial charge in [0.15, 0.2) is 5.78 Å². The number of benzene rings is 1. The fourth-order valence-electron chi connectivity index (χ4n) is 4.13. The number of piperazine rings is 1. The van der Waals surface area contributed by atoms with Crippen LogP contribution in [0.3, 0.4) is 0 Å². The van der Waals surface area contributed by atoms with Crippen LogP contribution in [0.25, 0.3) is 0 Å². The molecule has 1 saturated heterocycles. The van der Waals surface area contributed by atoms with E-state index in [-0.39, 0.29) is 5.78 Å². The molecule has 27 heavy (non-hydrogen) atoms. The van der Waals surface area contributed by atoms with E-state index in [9.17, 15) is 4.79 Å². The van der Waals surface area contributed by atoms with Crippen LogP contribution in [0.5, 0.6) is 5.75 Å². The molecule has 1 aliphatic heterocycles. The summed E-state index contributed by atoms with van der Waals surface area (Å²) in [5.74, 6) is 2.20. The lowest BCUT2D eigenvalue weighted by Crippen LogP contribution is -2.47. The van der Waals surface area contributed by atoms with Crippen LogP contribution in [0, 0.1) is 12.8 Å². The highest BCUT2D eigenvalue weighted by Gasteiger charge is 2.28. The summed E-state index contributed by atoms with van der Waals surface area (Å²) in [6, 6.07) is 8.12. The molecule has 6 heteroatoms. The van der Waals surface area contributed by atoms with Crippen molar-refractivity contribution in [1.29, 1.82) is 0 Å². The van der Waals surface area contributed by atoms with Crippen molar-refractivity contribution in [2.75, 3.05) is 43.1 Å². The van der Waals surface area contributed by atoms with Crippen LogP contribution in [-0.2, 0) is 6.42 Å². The van der Waals surface area contributed by atoms with Crippen molar-refractivity contribution in [3.8, 4) is 5.75 Å². The van der Waals surface area contributed by atoms with Gasteiger partial charge in [-0.15, -0.1) is 0 Å². The Morgan fingerprint density at radius 3 is 2.48 bits per heavy atom. The van der Waals surface area contributed by atoms with Crippen LogP contribution in [-0.4, -0.2) is 49.0 Å². The van der Waals surface area contributed by atoms with Gasteiger partial charge in [0, 0.05) is 32.6 Å². The first kappa shape index (κ1) is 17.8. The topological polar surface area (TPSA) is 58.6 Å². The molecule has 0 unspecified atom stereocenters. The zero-order valence-corrected chi connectivity index (χ0v) is 16.2. The van der Waals surface area contributed by atoms with E-state index < -0.39 is 0 Å². The number of aromatic nitrogens is 2. The lowest BCUT2D eigenvalue weighted by Gasteiger charge is -2.37. The lowest BCUT2D eigenvalue weighted by molar-refractivity contribution is 0.0951. The summed E-state index contributed by atoms with van der Waals surface area (Å²) < 4.78 is 5.50. The molecule has 0 bridgehead atoms. The molecule has 1 fully saturated rings. The molecule has 4 rings (SSSR count). The number of carbonyl (C=O) groups is 1. The lowest BCUT2D eigenvalue weighted by atomic mass is 9.86. The number of rotatable bonds is 3. The van der Waals surface area contributed by atoms with Gasteiger partial charge >= 0.3 is 0 Å². The maximum absolute atomic E-state index is 12.4. The number of Topliss-reactive ketones (excluding diaryl/α,β-unsaturated/α-hetero) is 1. The zero-order chi connectivity index (χ0) is 19.0. The SMILES string of the molecule is COc1ccccc1N1CCN(c2nc(C)c3c(n2)C[C@H](C)CC3=O)CC1. The van der Waals surface area contributed by atoms with E-state index >= 15 is 0 Å². The third kappa shape index (κ3) is 3.36. The average Bonchev–Trinajstić information content (AvgIpc) is 2.67. The molecule has 0 spiro atoms. The summed E-state index contributed by atoms with van der Waals surface area (Å²) in [7, 11) is 1.71. The highest BCUT2D eigenvalue weighted by atomic mass is 16.5. The predicted molar refractivity (Wildman–Crippen MR) is 106 cm³/mol. The molecule has 2 aromatic rings. The number of para-hydroxylation sites is 2. The van der Waals surface area contributed by atoms with E-state index in [4.69, 9.17) is 9.72 Å². The highest BCUT2D eigenvalue weighted by Crippen LogP contribution is 2.30. The minimum Gasteiger partial charge on any atom is -0.495 e. The van der Waals surface area contributed by atoms with Crippen molar-refractivity contribution in [2.45, 2.75) is 26.7 Å². The van der Waals surface area contributed by atoms with Gasteiger partial charge in [0.25, 0.3) is 0 Å². The Hall–Kier alpha value is -2.63. The second-order valence-electron chi connectivity index (χ2n) is 7.51. The van der Waals surface area contributed by atoms with Gasteiger partial charge in [-0.1, -0.05) is 19.1 Å². The normalized spacial score (nSPS) is 19.8. The number of methoxy groups -OCH3 is 1. The summed E-state index contributed by atoms with van der Waals surface area (Å²) in [6.07, 6.45) is 1.47. The molecule has 142 valence electrons. The van der Waals surface area contributed by atoms with Gasteiger partial charge in [0.2, 0.25) is 5.95 Å². The number of hydrogen-bond acceptors (Lipinski definition) is 6. The molecule has 0 N–H and O–H groups in total. The molecule has 1 atom stereocenters. The predicted octanol–water partition coefficient (Wildman–Crippen LogP) is 2.89. The quantitative estimate of drug-likeness (QED) is 0.833. The Bertz CT molecular complexity index is 859. The first-order chi connectivity index (χ1) is 13.1. The number of ether oxygens (including phenoxy) is 1. The maximum Gasteiger partial charge on any atom is 0.225 e. The fourth-order valence-corrected chi connectivity index (χ4v) is 4.13. The molecule has 1 aromatic heterocycles. The van der Waals surface area contributed by atoms with Gasteiger partial charge < -0.3 is 14.5 Å². The molecular formula is C21H26N4O2. The average molecular weight is 366 g/mol. The van der Waals surface area contributed by atoms with Crippen LogP contribution in [0.15, 0.2) is 24.3 Å². The Balaban J connectivity index is 1.53. The Labute approximate surface area is 160 Å². The van der Waals surface area contributed by atoms with Gasteiger partial charge in [-0.25, -0.2) is 9.97 Å². The van der Waals surface area contributed by atoms with Crippen molar-refractivity contribution in [3.63, 3.8) is 0 Å². The minimum atomic E-state index is 0.189. The smallest absolute Gasteiger partial charge is 0.225 e. The van der Waals surface area contributed by atoms with Crippen LogP contribution in [0.1, 0.15) is 35.1 Å². The monoisotopic (exact) mass is 366 g/mol. The van der Waals surface area contributed by atoms with E-state index in [0.717, 1.165) is 66.9 Å². The first-order valence-corrected chi connectivity index (χ1v) is 9.60. The highest BCUT2D eigenvalue weighted by molar-refractivity contribution is 5.99. The molecule has 0 saturated carbocycles. The number of anilines is 2. The molecule has 0 radical (unpaired) electrons. The second kappa shape index (κ2) is 7.18. The van der Waals surface area contributed by atoms with Crippen LogP contribution in [0.4, 0.5) is 11.6 Å². The summed E-state index contributed by atoms with van der Waals surface area (Å²) in [5, 5.41) is 0. The van der Waals surface area contributed by atoms with Gasteiger partial charge in [-0.2, -0.15) is 0 Å². The van der Waals surface area contributed by atoms with E-state index in [1.54, 1.807) is 7.11 Å². The zero-order valence-electron chi connectivity index (χ0n) is 16.2. The molecule has 0 amide bonds. The largest absolute Gasteiger partial charge is 0.495 e. The molecule has 2 aliphatic rings. The van der Waals surface area contributed by atoms with Crippen LogP contribution in [0.2, 0.25) is 0 Å². The molecule has 2 heterocycles. The number of fused-ring (bicyclic) bond motifs is 1. The summed E-state index contributed by atoms with van der Waals surface area (Å²) >= 11 is 0. The van der Waals surface area contributed by atoms with Crippen LogP contribution < -0.4 is 14.5 Å². The third-order valence-corrected chi connectivity index (χ3v) is 5.50. The molecule has 1 aromatic carbocycles. The van der Waals surface area contributed by atoms with Gasteiger partial charge in [-0.05, 0) is 31.4 Å². The van der Waals surface area contributed by atoms with Crippen molar-refractivity contribution in [2.24, 2.45) is 5.92 Å². The fraction of sp³-hybridized carbons (Fsp3) is 0.476. The standard InChI is InChI=1S/C21H26N4O2/c1-14-12-16-20(18(26)13-14)15(2)22-21(23-16)25-10-8-24(9-11-25)17-6-4-5-7-19(17)27-3/h4-7,14H,8-13H2,1-3H3/t14-/m0/s1. The first-order valence-electron chi connectivity index (χ1n) is 9.60. The van der Waals surface area contributed by atoms with E-state index in [0.29, 0.717) is 12.3 Å². The van der Waals surface area contributed by atoms with Gasteiger partial charge in [0.1, 0.15) is 5.75 Å². The molecule has 6 nitrogen and oxygen atoms in total. The molecule has 1 aliphatic carbocycles. The van der Waals surface area contributed by atoms with E-state index in [2.05, 4.69) is 27.8 Å². The second-order valence-corrected chi connectivity index (χ2v) is 7.51. The van der Waals surface area contributed by atoms with E-state index in [1.165, 1.54) is 0 Å². The van der Waals surface area contributed by atoms with Crippen molar-refractivity contribution in [3.05, 3.63) is 41.2 Å². The van der Waals surface area contributed by atoms with Crippen LogP contribution >= 0.6 is 0 Å². The Morgan fingerprint density at radius 2 is 1.74 bits per heavy atom. The summed E-state index contributed by atoms with van der Waals surface area (Å²) in [5.41, 5.74) is 3.62. The number of ketones is 1. The summed E-state index contributed by atoms with van der Waals surface area (Å²) in [6.45, 7) is 7.51. The number of nitrogens with zero attached hydrogens (tertiary/aromatic N) is 4. The van der Waals surface area contributed by atoms with Crippen molar-refractivity contribution >= 4 is 17.4 Å². The number of hydrogen-bond donors (Lipinski definition) is 0. The third-order valence-electron chi connectivity index (χ3n) is 5.50. The van der Waals surface area contributed by atoms with E-state index in [1.807, 2.05) is 25.1 Å². The maximum atomic E-state index is 12.4. The van der Waals surface area contributed by atoms with Gasteiger partial charge in [0.05, 0.1) is 29.7 Å². The van der Waals surface area contributed by atoms with Gasteiger partial charge in [-0.3, -0.25) is 4.79 Å². The Kier molecular flexibility index (Phi) is 4.72. The Morgan fingerprint density at radius 1 is 1.04 bits per heavy atom.